The van der Waals surface area contributed by atoms with Crippen molar-refractivity contribution in [1.29, 1.82) is 0 Å². The molecule has 2 aromatic carbocycles. The maximum atomic E-state index is 13.4. The molecule has 8 nitrogen and oxygen atoms in total. The Kier molecular flexibility index (Phi) is 9.73. The molecule has 0 saturated carbocycles. The number of hydrogen-bond acceptors (Lipinski definition) is 6. The van der Waals surface area contributed by atoms with Crippen LogP contribution in [0.2, 0.25) is 0 Å². The van der Waals surface area contributed by atoms with Crippen LogP contribution in [-0.4, -0.2) is 45.7 Å². The maximum absolute atomic E-state index is 13.4. The zero-order chi connectivity index (χ0) is 26.1. The fraction of sp³-hybridized carbons (Fsp3) is 0.464. The van der Waals surface area contributed by atoms with Gasteiger partial charge in [0.2, 0.25) is 11.8 Å². The molecule has 1 fully saturated rings. The number of nitrogens with one attached hydrogen (secondary N) is 1. The van der Waals surface area contributed by atoms with Crippen molar-refractivity contribution in [2.75, 3.05) is 32.8 Å². The molecule has 1 saturated heterocycles. The van der Waals surface area contributed by atoms with Crippen LogP contribution in [0.25, 0.3) is 0 Å². The minimum Gasteiger partial charge on any atom is -0.493 e. The number of benzene rings is 2. The van der Waals surface area contributed by atoms with Crippen molar-refractivity contribution in [2.45, 2.75) is 51.5 Å². The molecule has 1 aliphatic rings. The van der Waals surface area contributed by atoms with Gasteiger partial charge in [-0.2, -0.15) is 0 Å². The molecule has 3 rings (SSSR count). The van der Waals surface area contributed by atoms with Crippen molar-refractivity contribution in [3.8, 4) is 11.5 Å². The van der Waals surface area contributed by atoms with Gasteiger partial charge in [0.15, 0.2) is 11.5 Å². The third-order valence-corrected chi connectivity index (χ3v) is 6.58. The van der Waals surface area contributed by atoms with Crippen LogP contribution >= 0.6 is 0 Å². The van der Waals surface area contributed by atoms with Crippen molar-refractivity contribution in [3.63, 3.8) is 0 Å². The first-order valence-corrected chi connectivity index (χ1v) is 12.3. The molecular formula is C28H36N2O6. The highest BCUT2D eigenvalue weighted by molar-refractivity contribution is 5.97. The van der Waals surface area contributed by atoms with E-state index in [9.17, 15) is 14.4 Å². The Hall–Kier alpha value is -3.55. The van der Waals surface area contributed by atoms with Crippen molar-refractivity contribution in [1.82, 2.24) is 5.32 Å². The summed E-state index contributed by atoms with van der Waals surface area (Å²) in [5, 5.41) is 3.05. The van der Waals surface area contributed by atoms with Crippen LogP contribution < -0.4 is 19.7 Å². The first kappa shape index (κ1) is 27.0. The number of esters is 1. The number of unbranched alkanes of at least 4 members (excludes halogenated alkanes) is 2. The van der Waals surface area contributed by atoms with Gasteiger partial charge >= 0.3 is 5.97 Å². The van der Waals surface area contributed by atoms with Crippen LogP contribution in [0.4, 0.5) is 5.69 Å². The van der Waals surface area contributed by atoms with Crippen LogP contribution in [0, 0.1) is 12.8 Å². The van der Waals surface area contributed by atoms with E-state index < -0.39 is 12.0 Å². The summed E-state index contributed by atoms with van der Waals surface area (Å²) in [5.74, 6) is 0.356. The minimum absolute atomic E-state index is 0.0227. The quantitative estimate of drug-likeness (QED) is 0.367. The average Bonchev–Trinajstić information content (AvgIpc) is 2.90. The third kappa shape index (κ3) is 6.56. The lowest BCUT2D eigenvalue weighted by Crippen LogP contribution is -2.48. The van der Waals surface area contributed by atoms with Crippen LogP contribution in [0.1, 0.15) is 55.7 Å². The minimum atomic E-state index is -0.493. The highest BCUT2D eigenvalue weighted by Crippen LogP contribution is 2.42. The van der Waals surface area contributed by atoms with Crippen molar-refractivity contribution < 1.29 is 28.6 Å². The predicted octanol–water partition coefficient (Wildman–Crippen LogP) is 4.35. The molecule has 0 radical (unpaired) electrons. The van der Waals surface area contributed by atoms with Gasteiger partial charge in [-0.05, 0) is 56.0 Å². The van der Waals surface area contributed by atoms with E-state index in [-0.39, 0.29) is 24.2 Å². The van der Waals surface area contributed by atoms with Crippen molar-refractivity contribution >= 4 is 23.5 Å². The normalized spacial score (nSPS) is 17.4. The number of carbonyl (C=O) groups is 3. The molecule has 0 aliphatic carbocycles. The molecule has 2 atom stereocenters. The molecule has 1 aliphatic heterocycles. The molecule has 2 aromatic rings. The molecule has 2 amide bonds. The SMILES string of the molecule is COC(=O)CCCCCNC(=O)C1CCC(=O)N(c2ccc(C)cc2)C1c1ccc(OC)c(OC)c1. The molecule has 36 heavy (non-hydrogen) atoms. The Labute approximate surface area is 212 Å². The molecule has 8 heteroatoms. The Morgan fingerprint density at radius 1 is 0.972 bits per heavy atom. The van der Waals surface area contributed by atoms with Gasteiger partial charge in [0.1, 0.15) is 0 Å². The van der Waals surface area contributed by atoms with Gasteiger partial charge < -0.3 is 24.4 Å². The second-order valence-electron chi connectivity index (χ2n) is 8.98. The number of aryl methyl sites for hydroxylation is 1. The molecule has 1 heterocycles. The van der Waals surface area contributed by atoms with Crippen LogP contribution in [0.15, 0.2) is 42.5 Å². The summed E-state index contributed by atoms with van der Waals surface area (Å²) in [6.07, 6.45) is 3.41. The average molecular weight is 497 g/mol. The van der Waals surface area contributed by atoms with E-state index in [0.717, 1.165) is 36.1 Å². The Morgan fingerprint density at radius 2 is 1.69 bits per heavy atom. The summed E-state index contributed by atoms with van der Waals surface area (Å²) >= 11 is 0. The van der Waals surface area contributed by atoms with E-state index in [0.29, 0.717) is 30.9 Å². The number of amides is 2. The predicted molar refractivity (Wildman–Crippen MR) is 137 cm³/mol. The number of piperidine rings is 1. The lowest BCUT2D eigenvalue weighted by Gasteiger charge is -2.41. The van der Waals surface area contributed by atoms with Crippen LogP contribution in [0.3, 0.4) is 0 Å². The van der Waals surface area contributed by atoms with E-state index in [1.807, 2.05) is 43.3 Å². The number of nitrogens with zero attached hydrogens (tertiary/aromatic N) is 1. The fourth-order valence-electron chi connectivity index (χ4n) is 4.61. The van der Waals surface area contributed by atoms with Gasteiger partial charge in [0, 0.05) is 25.1 Å². The molecule has 0 spiro atoms. The second kappa shape index (κ2) is 13.0. The summed E-state index contributed by atoms with van der Waals surface area (Å²) in [6.45, 7) is 2.50. The molecular weight excluding hydrogens is 460 g/mol. The lowest BCUT2D eigenvalue weighted by molar-refractivity contribution is -0.140. The van der Waals surface area contributed by atoms with E-state index in [1.165, 1.54) is 7.11 Å². The maximum Gasteiger partial charge on any atom is 0.305 e. The summed E-state index contributed by atoms with van der Waals surface area (Å²) in [7, 11) is 4.52. The second-order valence-corrected chi connectivity index (χ2v) is 8.98. The number of rotatable bonds is 11. The summed E-state index contributed by atoms with van der Waals surface area (Å²) < 4.78 is 15.6. The number of carbonyl (C=O) groups excluding carboxylic acids is 3. The Morgan fingerprint density at radius 3 is 2.36 bits per heavy atom. The van der Waals surface area contributed by atoms with Crippen molar-refractivity contribution in [3.05, 3.63) is 53.6 Å². The summed E-state index contributed by atoms with van der Waals surface area (Å²) in [4.78, 5) is 39.6. The van der Waals surface area contributed by atoms with E-state index in [1.54, 1.807) is 25.2 Å². The zero-order valence-corrected chi connectivity index (χ0v) is 21.5. The van der Waals surface area contributed by atoms with Gasteiger partial charge in [-0.25, -0.2) is 0 Å². The largest absolute Gasteiger partial charge is 0.493 e. The molecule has 1 N–H and O–H groups in total. The first-order chi connectivity index (χ1) is 17.4. The molecule has 0 aromatic heterocycles. The lowest BCUT2D eigenvalue weighted by atomic mass is 9.83. The zero-order valence-electron chi connectivity index (χ0n) is 21.5. The summed E-state index contributed by atoms with van der Waals surface area (Å²) in [5.41, 5.74) is 2.65. The van der Waals surface area contributed by atoms with Gasteiger partial charge in [-0.1, -0.05) is 30.2 Å². The highest BCUT2D eigenvalue weighted by atomic mass is 16.5. The van der Waals surface area contributed by atoms with E-state index >= 15 is 0 Å². The molecule has 194 valence electrons. The third-order valence-electron chi connectivity index (χ3n) is 6.58. The Bertz CT molecular complexity index is 1050. The summed E-state index contributed by atoms with van der Waals surface area (Å²) in [6, 6.07) is 12.8. The standard InChI is InChI=1S/C28H36N2O6/c1-19-9-12-21(13-10-19)30-25(31)16-14-22(28(33)29-17-7-5-6-8-26(32)36-4)27(30)20-11-15-23(34-2)24(18-20)35-3/h9-13,15,18,22,27H,5-8,14,16-17H2,1-4H3,(H,29,33). The number of ether oxygens (including phenoxy) is 3. The first-order valence-electron chi connectivity index (χ1n) is 12.3. The van der Waals surface area contributed by atoms with Crippen LogP contribution in [-0.2, 0) is 19.1 Å². The van der Waals surface area contributed by atoms with E-state index in [4.69, 9.17) is 9.47 Å². The number of methoxy groups -OCH3 is 3. The molecule has 0 bridgehead atoms. The van der Waals surface area contributed by atoms with E-state index in [2.05, 4.69) is 10.1 Å². The van der Waals surface area contributed by atoms with Crippen molar-refractivity contribution in [2.24, 2.45) is 5.92 Å². The number of anilines is 1. The number of hydrogen-bond donors (Lipinski definition) is 1. The van der Waals surface area contributed by atoms with Gasteiger partial charge in [-0.15, -0.1) is 0 Å². The van der Waals surface area contributed by atoms with Gasteiger partial charge in [-0.3, -0.25) is 14.4 Å². The Balaban J connectivity index is 1.84. The fourth-order valence-corrected chi connectivity index (χ4v) is 4.61. The highest BCUT2D eigenvalue weighted by Gasteiger charge is 2.41. The topological polar surface area (TPSA) is 94.2 Å². The van der Waals surface area contributed by atoms with Crippen LogP contribution in [0.5, 0.6) is 11.5 Å². The van der Waals surface area contributed by atoms with Gasteiger partial charge in [0.25, 0.3) is 0 Å². The smallest absolute Gasteiger partial charge is 0.305 e. The monoisotopic (exact) mass is 496 g/mol. The molecule has 2 unspecified atom stereocenters. The van der Waals surface area contributed by atoms with Gasteiger partial charge in [0.05, 0.1) is 33.3 Å².